The van der Waals surface area contributed by atoms with Crippen molar-refractivity contribution in [2.75, 3.05) is 6.54 Å². The lowest BCUT2D eigenvalue weighted by molar-refractivity contribution is -0.127. The fourth-order valence-corrected chi connectivity index (χ4v) is 2.30. The maximum atomic E-state index is 13.0. The summed E-state index contributed by atoms with van der Waals surface area (Å²) in [6.45, 7) is 3.00. The summed E-state index contributed by atoms with van der Waals surface area (Å²) < 4.78 is 20.9. The van der Waals surface area contributed by atoms with Crippen molar-refractivity contribution < 1.29 is 13.9 Å². The van der Waals surface area contributed by atoms with E-state index in [9.17, 15) is 9.18 Å². The molecule has 1 aromatic heterocycles. The maximum Gasteiger partial charge on any atom is 0.260 e. The Bertz CT molecular complexity index is 619. The quantitative estimate of drug-likeness (QED) is 0.763. The highest BCUT2D eigenvalue weighted by molar-refractivity contribution is 9.10. The van der Waals surface area contributed by atoms with Crippen LogP contribution in [0.4, 0.5) is 4.39 Å². The summed E-state index contributed by atoms with van der Waals surface area (Å²) in [5.41, 5.74) is 0. The van der Waals surface area contributed by atoms with Gasteiger partial charge in [0.1, 0.15) is 11.6 Å². The Morgan fingerprint density at radius 3 is 3.05 bits per heavy atom. The number of nitrogens with zero attached hydrogens (tertiary/aromatic N) is 2. The lowest BCUT2D eigenvalue weighted by Gasteiger charge is -2.15. The number of aryl methyl sites for hydroxylation is 1. The van der Waals surface area contributed by atoms with Gasteiger partial charge in [0.2, 0.25) is 0 Å². The Morgan fingerprint density at radius 2 is 2.36 bits per heavy atom. The average molecular weight is 370 g/mol. The van der Waals surface area contributed by atoms with Crippen LogP contribution in [0.5, 0.6) is 5.75 Å². The van der Waals surface area contributed by atoms with E-state index >= 15 is 0 Å². The molecule has 0 radical (unpaired) electrons. The molecule has 0 saturated heterocycles. The molecule has 0 spiro atoms. The van der Waals surface area contributed by atoms with Crippen molar-refractivity contribution in [3.05, 3.63) is 47.2 Å². The number of hydrogen-bond donors (Lipinski definition) is 1. The highest BCUT2D eigenvalue weighted by atomic mass is 79.9. The number of halogens is 2. The van der Waals surface area contributed by atoms with E-state index in [1.807, 2.05) is 10.8 Å². The predicted octanol–water partition coefficient (Wildman–Crippen LogP) is 2.76. The lowest BCUT2D eigenvalue weighted by Crippen LogP contribution is -2.37. The van der Waals surface area contributed by atoms with E-state index in [-0.39, 0.29) is 11.7 Å². The Morgan fingerprint density at radius 1 is 1.55 bits per heavy atom. The van der Waals surface area contributed by atoms with Gasteiger partial charge in [0.15, 0.2) is 6.10 Å². The number of nitrogens with one attached hydrogen (secondary N) is 1. The van der Waals surface area contributed by atoms with Crippen LogP contribution in [0, 0.1) is 5.82 Å². The normalized spacial score (nSPS) is 12.0. The summed E-state index contributed by atoms with van der Waals surface area (Å²) in [5, 5.41) is 2.81. The van der Waals surface area contributed by atoms with Crippen molar-refractivity contribution in [3.63, 3.8) is 0 Å². The van der Waals surface area contributed by atoms with Gasteiger partial charge in [0.25, 0.3) is 5.91 Å². The Hall–Kier alpha value is -1.89. The fourth-order valence-electron chi connectivity index (χ4n) is 1.85. The van der Waals surface area contributed by atoms with E-state index in [0.717, 1.165) is 13.0 Å². The van der Waals surface area contributed by atoms with Crippen LogP contribution in [0.1, 0.15) is 13.3 Å². The Kier molecular flexibility index (Phi) is 5.94. The minimum absolute atomic E-state index is 0.207. The number of amides is 1. The van der Waals surface area contributed by atoms with E-state index < -0.39 is 6.10 Å². The molecule has 5 nitrogen and oxygen atoms in total. The molecule has 22 heavy (non-hydrogen) atoms. The minimum Gasteiger partial charge on any atom is -0.480 e. The van der Waals surface area contributed by atoms with Crippen molar-refractivity contribution in [1.29, 1.82) is 0 Å². The first-order chi connectivity index (χ1) is 10.6. The average Bonchev–Trinajstić information content (AvgIpc) is 2.99. The van der Waals surface area contributed by atoms with Crippen LogP contribution in [-0.4, -0.2) is 28.1 Å². The van der Waals surface area contributed by atoms with E-state index in [1.54, 1.807) is 19.4 Å². The van der Waals surface area contributed by atoms with Gasteiger partial charge in [0, 0.05) is 25.5 Å². The molecule has 1 N–H and O–H groups in total. The van der Waals surface area contributed by atoms with Crippen molar-refractivity contribution in [2.24, 2.45) is 0 Å². The first-order valence-electron chi connectivity index (χ1n) is 6.91. The summed E-state index contributed by atoms with van der Waals surface area (Å²) in [5.74, 6) is -0.139. The molecule has 118 valence electrons. The number of ether oxygens (including phenoxy) is 1. The van der Waals surface area contributed by atoms with E-state index in [0.29, 0.717) is 16.8 Å². The van der Waals surface area contributed by atoms with Gasteiger partial charge < -0.3 is 14.6 Å². The standard InChI is InChI=1S/C15H17BrFN3O2/c1-11(22-14-4-3-12(17)9-13(14)16)15(21)19-5-2-7-20-8-6-18-10-20/h3-4,6,8-11H,2,5,7H2,1H3,(H,19,21). The van der Waals surface area contributed by atoms with Crippen molar-refractivity contribution in [2.45, 2.75) is 26.0 Å². The van der Waals surface area contributed by atoms with Crippen LogP contribution in [0.15, 0.2) is 41.4 Å². The second kappa shape index (κ2) is 7.93. The molecule has 1 unspecified atom stereocenters. The second-order valence-electron chi connectivity index (χ2n) is 4.78. The zero-order valence-corrected chi connectivity index (χ0v) is 13.7. The molecule has 0 fully saturated rings. The predicted molar refractivity (Wildman–Crippen MR) is 84.0 cm³/mol. The smallest absolute Gasteiger partial charge is 0.260 e. The first kappa shape index (κ1) is 16.5. The largest absolute Gasteiger partial charge is 0.480 e. The molecule has 1 atom stereocenters. The van der Waals surface area contributed by atoms with Gasteiger partial charge in [-0.15, -0.1) is 0 Å². The minimum atomic E-state index is -0.657. The number of carbonyl (C=O) groups excluding carboxylic acids is 1. The summed E-state index contributed by atoms with van der Waals surface area (Å²) >= 11 is 3.21. The third kappa shape index (κ3) is 4.84. The third-order valence-electron chi connectivity index (χ3n) is 3.02. The van der Waals surface area contributed by atoms with Crippen LogP contribution in [-0.2, 0) is 11.3 Å². The number of aromatic nitrogens is 2. The number of benzene rings is 1. The van der Waals surface area contributed by atoms with Gasteiger partial charge in [-0.25, -0.2) is 9.37 Å². The molecular formula is C15H17BrFN3O2. The van der Waals surface area contributed by atoms with Gasteiger partial charge >= 0.3 is 0 Å². The zero-order valence-electron chi connectivity index (χ0n) is 12.1. The first-order valence-corrected chi connectivity index (χ1v) is 7.70. The fraction of sp³-hybridized carbons (Fsp3) is 0.333. The molecule has 1 heterocycles. The molecular weight excluding hydrogens is 353 g/mol. The van der Waals surface area contributed by atoms with Crippen LogP contribution < -0.4 is 10.1 Å². The monoisotopic (exact) mass is 369 g/mol. The van der Waals surface area contributed by atoms with Crippen LogP contribution in [0.25, 0.3) is 0 Å². The molecule has 2 rings (SSSR count). The molecule has 0 aliphatic heterocycles. The van der Waals surface area contributed by atoms with Crippen molar-refractivity contribution >= 4 is 21.8 Å². The molecule has 1 aromatic carbocycles. The molecule has 2 aromatic rings. The zero-order chi connectivity index (χ0) is 15.9. The van der Waals surface area contributed by atoms with Crippen LogP contribution >= 0.6 is 15.9 Å². The van der Waals surface area contributed by atoms with E-state index in [1.165, 1.54) is 18.2 Å². The Labute approximate surface area is 136 Å². The number of carbonyl (C=O) groups is 1. The van der Waals surface area contributed by atoms with Gasteiger partial charge in [-0.05, 0) is 47.5 Å². The van der Waals surface area contributed by atoms with Gasteiger partial charge in [-0.3, -0.25) is 4.79 Å². The SMILES string of the molecule is CC(Oc1ccc(F)cc1Br)C(=O)NCCCn1ccnc1. The second-order valence-corrected chi connectivity index (χ2v) is 5.63. The topological polar surface area (TPSA) is 56.1 Å². The van der Waals surface area contributed by atoms with Gasteiger partial charge in [-0.1, -0.05) is 0 Å². The van der Waals surface area contributed by atoms with E-state index in [4.69, 9.17) is 4.74 Å². The number of rotatable bonds is 7. The van der Waals surface area contributed by atoms with Crippen molar-refractivity contribution in [3.8, 4) is 5.75 Å². The number of imidazole rings is 1. The summed E-state index contributed by atoms with van der Waals surface area (Å²) in [7, 11) is 0. The lowest BCUT2D eigenvalue weighted by atomic mass is 10.3. The summed E-state index contributed by atoms with van der Waals surface area (Å²) in [6.07, 6.45) is 5.47. The summed E-state index contributed by atoms with van der Waals surface area (Å²) in [4.78, 5) is 15.9. The molecule has 0 aliphatic carbocycles. The molecule has 0 bridgehead atoms. The highest BCUT2D eigenvalue weighted by Gasteiger charge is 2.15. The molecule has 0 saturated carbocycles. The van der Waals surface area contributed by atoms with E-state index in [2.05, 4.69) is 26.2 Å². The third-order valence-corrected chi connectivity index (χ3v) is 3.64. The van der Waals surface area contributed by atoms with Crippen molar-refractivity contribution in [1.82, 2.24) is 14.9 Å². The Balaban J connectivity index is 1.74. The molecule has 1 amide bonds. The van der Waals surface area contributed by atoms with Crippen LogP contribution in [0.3, 0.4) is 0 Å². The number of hydrogen-bond acceptors (Lipinski definition) is 3. The summed E-state index contributed by atoms with van der Waals surface area (Å²) in [6, 6.07) is 4.07. The maximum absolute atomic E-state index is 13.0. The molecule has 7 heteroatoms. The van der Waals surface area contributed by atoms with Gasteiger partial charge in [-0.2, -0.15) is 0 Å². The molecule has 0 aliphatic rings. The van der Waals surface area contributed by atoms with Gasteiger partial charge in [0.05, 0.1) is 10.8 Å². The van der Waals surface area contributed by atoms with Crippen LogP contribution in [0.2, 0.25) is 0 Å². The highest BCUT2D eigenvalue weighted by Crippen LogP contribution is 2.26.